The van der Waals surface area contributed by atoms with Gasteiger partial charge >= 0.3 is 0 Å². The van der Waals surface area contributed by atoms with Crippen LogP contribution in [0.5, 0.6) is 0 Å². The van der Waals surface area contributed by atoms with Gasteiger partial charge in [-0.3, -0.25) is 4.79 Å². The Morgan fingerprint density at radius 3 is 2.44 bits per heavy atom. The first-order chi connectivity index (χ1) is 8.26. The van der Waals surface area contributed by atoms with Crippen LogP contribution in [0.2, 0.25) is 0 Å². The lowest BCUT2D eigenvalue weighted by molar-refractivity contribution is -0.122. The van der Waals surface area contributed by atoms with E-state index in [2.05, 4.69) is 33.0 Å². The molecule has 0 bridgehead atoms. The summed E-state index contributed by atoms with van der Waals surface area (Å²) < 4.78 is 0. The third kappa shape index (κ3) is 5.85. The monoisotopic (exact) mass is 254 g/mol. The van der Waals surface area contributed by atoms with Gasteiger partial charge in [-0.15, -0.1) is 0 Å². The molecule has 1 saturated carbocycles. The van der Waals surface area contributed by atoms with Crippen LogP contribution < -0.4 is 11.1 Å². The van der Waals surface area contributed by atoms with Crippen molar-refractivity contribution < 1.29 is 4.79 Å². The molecule has 0 aliphatic heterocycles. The molecule has 0 aromatic heterocycles. The van der Waals surface area contributed by atoms with Gasteiger partial charge in [0, 0.05) is 13.0 Å². The fourth-order valence-electron chi connectivity index (χ4n) is 2.79. The van der Waals surface area contributed by atoms with E-state index in [-0.39, 0.29) is 5.91 Å². The highest BCUT2D eigenvalue weighted by atomic mass is 16.1. The Labute approximate surface area is 112 Å². The molecule has 106 valence electrons. The minimum Gasteiger partial charge on any atom is -0.356 e. The quantitative estimate of drug-likeness (QED) is 0.734. The van der Waals surface area contributed by atoms with E-state index in [1.54, 1.807) is 0 Å². The van der Waals surface area contributed by atoms with E-state index in [4.69, 9.17) is 5.73 Å². The second-order valence-corrected chi connectivity index (χ2v) is 7.39. The van der Waals surface area contributed by atoms with Gasteiger partial charge in [0.25, 0.3) is 0 Å². The van der Waals surface area contributed by atoms with Crippen LogP contribution in [-0.2, 0) is 4.79 Å². The average molecular weight is 254 g/mol. The maximum Gasteiger partial charge on any atom is 0.220 e. The van der Waals surface area contributed by atoms with Crippen molar-refractivity contribution in [1.82, 2.24) is 5.32 Å². The van der Waals surface area contributed by atoms with Gasteiger partial charge in [0.1, 0.15) is 0 Å². The number of hydrogen-bond acceptors (Lipinski definition) is 2. The lowest BCUT2D eigenvalue weighted by atomic mass is 9.84. The molecule has 1 aliphatic carbocycles. The third-order valence-electron chi connectivity index (χ3n) is 3.79. The molecule has 0 saturated heterocycles. The highest BCUT2D eigenvalue weighted by Crippen LogP contribution is 2.47. The Kier molecular flexibility index (Phi) is 5.20. The van der Waals surface area contributed by atoms with E-state index in [1.165, 1.54) is 12.8 Å². The van der Waals surface area contributed by atoms with Gasteiger partial charge in [0.2, 0.25) is 5.91 Å². The molecule has 1 unspecified atom stereocenters. The zero-order chi connectivity index (χ0) is 13.8. The SMILES string of the molecule is CC(CC(=O)NCC1(CCN)CC1)CC(C)(C)C. The zero-order valence-corrected chi connectivity index (χ0v) is 12.5. The number of hydrogen-bond donors (Lipinski definition) is 2. The number of nitrogens with two attached hydrogens (primary N) is 1. The van der Waals surface area contributed by atoms with Crippen molar-refractivity contribution in [3.63, 3.8) is 0 Å². The van der Waals surface area contributed by atoms with E-state index in [9.17, 15) is 4.79 Å². The molecule has 3 N–H and O–H groups in total. The van der Waals surface area contributed by atoms with Crippen LogP contribution in [0.1, 0.15) is 59.8 Å². The minimum absolute atomic E-state index is 0.204. The van der Waals surface area contributed by atoms with Crippen molar-refractivity contribution in [2.45, 2.75) is 59.8 Å². The second-order valence-electron chi connectivity index (χ2n) is 7.39. The molecule has 3 nitrogen and oxygen atoms in total. The summed E-state index contributed by atoms with van der Waals surface area (Å²) in [7, 11) is 0. The first kappa shape index (κ1) is 15.5. The summed E-state index contributed by atoms with van der Waals surface area (Å²) in [5.41, 5.74) is 6.25. The van der Waals surface area contributed by atoms with Crippen LogP contribution in [0, 0.1) is 16.7 Å². The zero-order valence-electron chi connectivity index (χ0n) is 12.5. The maximum atomic E-state index is 11.9. The molecule has 1 amide bonds. The Balaban J connectivity index is 2.21. The van der Waals surface area contributed by atoms with Crippen molar-refractivity contribution in [2.24, 2.45) is 22.5 Å². The number of amides is 1. The predicted molar refractivity (Wildman–Crippen MR) is 76.2 cm³/mol. The van der Waals surface area contributed by atoms with Crippen molar-refractivity contribution in [3.05, 3.63) is 0 Å². The molecule has 0 radical (unpaired) electrons. The minimum atomic E-state index is 0.204. The summed E-state index contributed by atoms with van der Waals surface area (Å²) in [4.78, 5) is 11.9. The van der Waals surface area contributed by atoms with Gasteiger partial charge in [-0.25, -0.2) is 0 Å². The van der Waals surface area contributed by atoms with Crippen molar-refractivity contribution in [1.29, 1.82) is 0 Å². The van der Waals surface area contributed by atoms with Crippen LogP contribution in [0.25, 0.3) is 0 Å². The highest BCUT2D eigenvalue weighted by molar-refractivity contribution is 5.76. The standard InChI is InChI=1S/C15H30N2O/c1-12(10-14(2,3)4)9-13(18)17-11-15(5-6-15)7-8-16/h12H,5-11,16H2,1-4H3,(H,17,18). The summed E-state index contributed by atoms with van der Waals surface area (Å²) in [5.74, 6) is 0.657. The molecule has 1 fully saturated rings. The predicted octanol–water partition coefficient (Wildman–Crippen LogP) is 2.69. The molecule has 18 heavy (non-hydrogen) atoms. The largest absolute Gasteiger partial charge is 0.356 e. The van der Waals surface area contributed by atoms with Gasteiger partial charge in [-0.1, -0.05) is 27.7 Å². The van der Waals surface area contributed by atoms with E-state index >= 15 is 0 Å². The van der Waals surface area contributed by atoms with Gasteiger partial charge in [0.15, 0.2) is 0 Å². The van der Waals surface area contributed by atoms with Crippen LogP contribution in [0.4, 0.5) is 0 Å². The Hall–Kier alpha value is -0.570. The number of rotatable bonds is 7. The van der Waals surface area contributed by atoms with E-state index in [1.807, 2.05) is 0 Å². The molecule has 1 atom stereocenters. The smallest absolute Gasteiger partial charge is 0.220 e. The molecular formula is C15H30N2O. The molecule has 1 rings (SSSR count). The summed E-state index contributed by atoms with van der Waals surface area (Å²) in [5, 5.41) is 3.09. The second kappa shape index (κ2) is 6.05. The van der Waals surface area contributed by atoms with Gasteiger partial charge < -0.3 is 11.1 Å². The van der Waals surface area contributed by atoms with Crippen LogP contribution >= 0.6 is 0 Å². The molecule has 0 spiro atoms. The first-order valence-corrected chi connectivity index (χ1v) is 7.23. The lowest BCUT2D eigenvalue weighted by Crippen LogP contribution is -2.32. The molecular weight excluding hydrogens is 224 g/mol. The molecule has 1 aliphatic rings. The molecule has 3 heteroatoms. The molecule has 0 aromatic carbocycles. The van der Waals surface area contributed by atoms with Gasteiger partial charge in [0.05, 0.1) is 0 Å². The van der Waals surface area contributed by atoms with E-state index in [0.29, 0.717) is 23.2 Å². The lowest BCUT2D eigenvalue weighted by Gasteiger charge is -2.23. The Bertz CT molecular complexity index is 277. The van der Waals surface area contributed by atoms with Crippen LogP contribution in [0.3, 0.4) is 0 Å². The third-order valence-corrected chi connectivity index (χ3v) is 3.79. The van der Waals surface area contributed by atoms with Crippen molar-refractivity contribution in [3.8, 4) is 0 Å². The normalized spacial score (nSPS) is 19.4. The topological polar surface area (TPSA) is 55.1 Å². The number of carbonyl (C=O) groups excluding carboxylic acids is 1. The Morgan fingerprint density at radius 2 is 2.00 bits per heavy atom. The van der Waals surface area contributed by atoms with E-state index in [0.717, 1.165) is 25.9 Å². The average Bonchev–Trinajstić information content (AvgIpc) is 2.93. The van der Waals surface area contributed by atoms with Crippen LogP contribution in [-0.4, -0.2) is 19.0 Å². The van der Waals surface area contributed by atoms with Crippen LogP contribution in [0.15, 0.2) is 0 Å². The number of carbonyl (C=O) groups is 1. The maximum absolute atomic E-state index is 11.9. The highest BCUT2D eigenvalue weighted by Gasteiger charge is 2.41. The molecule has 0 aromatic rings. The van der Waals surface area contributed by atoms with Crippen molar-refractivity contribution >= 4 is 5.91 Å². The summed E-state index contributed by atoms with van der Waals surface area (Å²) in [6.45, 7) is 10.4. The van der Waals surface area contributed by atoms with Gasteiger partial charge in [-0.2, -0.15) is 0 Å². The summed E-state index contributed by atoms with van der Waals surface area (Å²) in [6, 6.07) is 0. The summed E-state index contributed by atoms with van der Waals surface area (Å²) in [6.07, 6.45) is 5.24. The van der Waals surface area contributed by atoms with Gasteiger partial charge in [-0.05, 0) is 49.0 Å². The first-order valence-electron chi connectivity index (χ1n) is 7.23. The van der Waals surface area contributed by atoms with E-state index < -0.39 is 0 Å². The fraction of sp³-hybridized carbons (Fsp3) is 0.933. The Morgan fingerprint density at radius 1 is 1.39 bits per heavy atom. The summed E-state index contributed by atoms with van der Waals surface area (Å²) >= 11 is 0. The fourth-order valence-corrected chi connectivity index (χ4v) is 2.79. The molecule has 0 heterocycles. The number of nitrogens with one attached hydrogen (secondary N) is 1. The van der Waals surface area contributed by atoms with Crippen molar-refractivity contribution in [2.75, 3.05) is 13.1 Å².